The zero-order valence-electron chi connectivity index (χ0n) is 5.63. The molecule has 0 bridgehead atoms. The van der Waals surface area contributed by atoms with Crippen molar-refractivity contribution in [1.29, 1.82) is 0 Å². The molecule has 2 atom stereocenters. The summed E-state index contributed by atoms with van der Waals surface area (Å²) >= 11 is 0. The van der Waals surface area contributed by atoms with Gasteiger partial charge in [0.25, 0.3) is 0 Å². The molecule has 1 aliphatic heterocycles. The second-order valence-electron chi connectivity index (χ2n) is 2.32. The number of halogens is 1. The second-order valence-corrected chi connectivity index (χ2v) is 2.32. The molecule has 1 rings (SSSR count). The van der Waals surface area contributed by atoms with E-state index >= 15 is 0 Å². The van der Waals surface area contributed by atoms with E-state index in [2.05, 4.69) is 12.2 Å². The van der Waals surface area contributed by atoms with Crippen LogP contribution in [0.25, 0.3) is 0 Å². The lowest BCUT2D eigenvalue weighted by atomic mass is 10.1. The molecule has 0 aromatic heterocycles. The van der Waals surface area contributed by atoms with Crippen LogP contribution in [-0.4, -0.2) is 23.8 Å². The van der Waals surface area contributed by atoms with E-state index < -0.39 is 0 Å². The van der Waals surface area contributed by atoms with Crippen LogP contribution in [0.5, 0.6) is 0 Å². The summed E-state index contributed by atoms with van der Waals surface area (Å²) in [5.74, 6) is 0. The Kier molecular flexibility index (Phi) is 4.19. The van der Waals surface area contributed by atoms with Crippen molar-refractivity contribution in [3.05, 3.63) is 0 Å². The summed E-state index contributed by atoms with van der Waals surface area (Å²) in [4.78, 5) is 0. The molecule has 9 heavy (non-hydrogen) atoms. The molecule has 0 saturated carbocycles. The highest BCUT2D eigenvalue weighted by Gasteiger charge is 2.21. The molecule has 2 nitrogen and oxygen atoms in total. The summed E-state index contributed by atoms with van der Waals surface area (Å²) in [6.07, 6.45) is 1.89. The van der Waals surface area contributed by atoms with E-state index in [1.165, 1.54) is 0 Å². The van der Waals surface area contributed by atoms with Crippen LogP contribution in [0.3, 0.4) is 0 Å². The van der Waals surface area contributed by atoms with Crippen molar-refractivity contribution >= 4 is 12.4 Å². The van der Waals surface area contributed by atoms with Gasteiger partial charge < -0.3 is 10.4 Å². The highest BCUT2D eigenvalue weighted by Crippen LogP contribution is 2.08. The molecule has 1 saturated heterocycles. The fourth-order valence-electron chi connectivity index (χ4n) is 1.17. The molecular weight excluding hydrogens is 138 g/mol. The first-order chi connectivity index (χ1) is 3.84. The number of nitrogens with one attached hydrogen (secondary N) is 1. The minimum Gasteiger partial charge on any atom is -0.391 e. The number of hydrogen-bond acceptors (Lipinski definition) is 2. The molecule has 2 N–H and O–H groups in total. The van der Waals surface area contributed by atoms with Gasteiger partial charge in [0.2, 0.25) is 0 Å². The standard InChI is InChI=1S/C6H13NO.ClH/c1-2-5-6(8)3-4-7-5;/h5-8H,2-4H2,1H3;1H. The maximum absolute atomic E-state index is 9.13. The van der Waals surface area contributed by atoms with Gasteiger partial charge in [0, 0.05) is 6.04 Å². The number of hydrogen-bond donors (Lipinski definition) is 2. The number of rotatable bonds is 1. The van der Waals surface area contributed by atoms with Gasteiger partial charge >= 0.3 is 0 Å². The monoisotopic (exact) mass is 151 g/mol. The first-order valence-electron chi connectivity index (χ1n) is 3.26. The van der Waals surface area contributed by atoms with Crippen LogP contribution in [0.2, 0.25) is 0 Å². The molecule has 0 amide bonds. The van der Waals surface area contributed by atoms with E-state index in [9.17, 15) is 0 Å². The fourth-order valence-corrected chi connectivity index (χ4v) is 1.17. The van der Waals surface area contributed by atoms with Gasteiger partial charge in [-0.25, -0.2) is 0 Å². The minimum atomic E-state index is -0.0833. The quantitative estimate of drug-likeness (QED) is 0.574. The van der Waals surface area contributed by atoms with Gasteiger partial charge in [-0.05, 0) is 19.4 Å². The summed E-state index contributed by atoms with van der Waals surface area (Å²) in [7, 11) is 0. The molecule has 56 valence electrons. The van der Waals surface area contributed by atoms with Crippen molar-refractivity contribution in [3.63, 3.8) is 0 Å². The van der Waals surface area contributed by atoms with Gasteiger partial charge in [-0.3, -0.25) is 0 Å². The Bertz CT molecular complexity index is 79.5. The lowest BCUT2D eigenvalue weighted by Gasteiger charge is -2.09. The topological polar surface area (TPSA) is 32.3 Å². The van der Waals surface area contributed by atoms with Gasteiger partial charge in [-0.15, -0.1) is 12.4 Å². The van der Waals surface area contributed by atoms with Gasteiger partial charge in [0.1, 0.15) is 0 Å². The molecule has 0 spiro atoms. The summed E-state index contributed by atoms with van der Waals surface area (Å²) in [5, 5.41) is 12.3. The molecule has 0 aromatic carbocycles. The lowest BCUT2D eigenvalue weighted by molar-refractivity contribution is 0.157. The van der Waals surface area contributed by atoms with Gasteiger partial charge in [-0.2, -0.15) is 0 Å². The largest absolute Gasteiger partial charge is 0.391 e. The third kappa shape index (κ3) is 2.12. The predicted molar refractivity (Wildman–Crippen MR) is 40.0 cm³/mol. The van der Waals surface area contributed by atoms with Gasteiger partial charge in [0.15, 0.2) is 0 Å². The van der Waals surface area contributed by atoms with Crippen LogP contribution in [0.15, 0.2) is 0 Å². The first-order valence-corrected chi connectivity index (χ1v) is 3.26. The van der Waals surface area contributed by atoms with Crippen LogP contribution in [-0.2, 0) is 0 Å². The predicted octanol–water partition coefficient (Wildman–Crippen LogP) is 0.541. The molecule has 0 radical (unpaired) electrons. The summed E-state index contributed by atoms with van der Waals surface area (Å²) in [5.41, 5.74) is 0. The summed E-state index contributed by atoms with van der Waals surface area (Å²) in [6.45, 7) is 3.08. The number of aliphatic hydroxyl groups is 1. The summed E-state index contributed by atoms with van der Waals surface area (Å²) < 4.78 is 0. The normalized spacial score (nSPS) is 34.0. The fraction of sp³-hybridized carbons (Fsp3) is 1.00. The van der Waals surface area contributed by atoms with Crippen LogP contribution in [0.1, 0.15) is 19.8 Å². The van der Waals surface area contributed by atoms with Crippen molar-refractivity contribution in [2.24, 2.45) is 0 Å². The van der Waals surface area contributed by atoms with Crippen molar-refractivity contribution in [2.75, 3.05) is 6.54 Å². The highest BCUT2D eigenvalue weighted by molar-refractivity contribution is 5.85. The Hall–Kier alpha value is 0.210. The molecule has 0 aromatic rings. The zero-order valence-corrected chi connectivity index (χ0v) is 6.45. The third-order valence-corrected chi connectivity index (χ3v) is 1.75. The Morgan fingerprint density at radius 3 is 2.56 bits per heavy atom. The number of aliphatic hydroxyl groups excluding tert-OH is 1. The molecule has 1 aliphatic rings. The average Bonchev–Trinajstić information content (AvgIpc) is 2.14. The van der Waals surface area contributed by atoms with Crippen molar-refractivity contribution in [1.82, 2.24) is 5.32 Å². The van der Waals surface area contributed by atoms with Gasteiger partial charge in [-0.1, -0.05) is 6.92 Å². The van der Waals surface area contributed by atoms with Crippen molar-refractivity contribution in [3.8, 4) is 0 Å². The Labute approximate surface area is 62.1 Å². The first kappa shape index (κ1) is 9.21. The van der Waals surface area contributed by atoms with E-state index in [1.54, 1.807) is 0 Å². The Morgan fingerprint density at radius 2 is 2.33 bits per heavy atom. The summed E-state index contributed by atoms with van der Waals surface area (Å²) in [6, 6.07) is 0.370. The molecule has 3 heteroatoms. The van der Waals surface area contributed by atoms with E-state index in [4.69, 9.17) is 5.11 Å². The van der Waals surface area contributed by atoms with E-state index in [-0.39, 0.29) is 18.5 Å². The van der Waals surface area contributed by atoms with E-state index in [1.807, 2.05) is 0 Å². The molecule has 2 unspecified atom stereocenters. The minimum absolute atomic E-state index is 0. The van der Waals surface area contributed by atoms with E-state index in [0.717, 1.165) is 19.4 Å². The lowest BCUT2D eigenvalue weighted by Crippen LogP contribution is -2.28. The average molecular weight is 152 g/mol. The molecular formula is C6H14ClNO. The highest BCUT2D eigenvalue weighted by atomic mass is 35.5. The maximum Gasteiger partial charge on any atom is 0.0705 e. The molecule has 0 aliphatic carbocycles. The Morgan fingerprint density at radius 1 is 1.67 bits per heavy atom. The van der Waals surface area contributed by atoms with Crippen LogP contribution >= 0.6 is 12.4 Å². The third-order valence-electron chi connectivity index (χ3n) is 1.75. The van der Waals surface area contributed by atoms with E-state index in [0.29, 0.717) is 6.04 Å². The maximum atomic E-state index is 9.13. The second kappa shape index (κ2) is 4.09. The zero-order chi connectivity index (χ0) is 5.98. The smallest absolute Gasteiger partial charge is 0.0705 e. The van der Waals surface area contributed by atoms with Crippen molar-refractivity contribution in [2.45, 2.75) is 31.9 Å². The molecule has 1 fully saturated rings. The van der Waals surface area contributed by atoms with Crippen LogP contribution < -0.4 is 5.32 Å². The van der Waals surface area contributed by atoms with Crippen LogP contribution in [0, 0.1) is 0 Å². The van der Waals surface area contributed by atoms with Crippen molar-refractivity contribution < 1.29 is 5.11 Å². The van der Waals surface area contributed by atoms with Gasteiger partial charge in [0.05, 0.1) is 6.10 Å². The van der Waals surface area contributed by atoms with Crippen LogP contribution in [0.4, 0.5) is 0 Å². The Balaban J connectivity index is 0.000000640. The molecule has 1 heterocycles. The SMILES string of the molecule is CCC1NCCC1O.Cl.